The molecule has 1 aliphatic rings. The van der Waals surface area contributed by atoms with Crippen molar-refractivity contribution >= 4 is 30.4 Å². The third-order valence-electron chi connectivity index (χ3n) is 3.71. The number of hydroxylamine groups is 1. The van der Waals surface area contributed by atoms with Crippen LogP contribution in [0.2, 0.25) is 0 Å². The first kappa shape index (κ1) is 15.7. The van der Waals surface area contributed by atoms with Crippen molar-refractivity contribution < 1.29 is 14.5 Å². The maximum absolute atomic E-state index is 9.12. The lowest BCUT2D eigenvalue weighted by Gasteiger charge is -2.32. The molecule has 0 spiro atoms. The van der Waals surface area contributed by atoms with Gasteiger partial charge in [-0.15, -0.1) is 4.47 Å². The highest BCUT2D eigenvalue weighted by Crippen LogP contribution is 2.36. The van der Waals surface area contributed by atoms with E-state index in [9.17, 15) is 0 Å². The maximum atomic E-state index is 9.12. The van der Waals surface area contributed by atoms with Crippen LogP contribution >= 0.6 is 12.1 Å². The molecule has 1 saturated heterocycles. The van der Waals surface area contributed by atoms with Crippen LogP contribution in [0.5, 0.6) is 0 Å². The lowest BCUT2D eigenvalue weighted by Crippen LogP contribution is -2.41. The van der Waals surface area contributed by atoms with Gasteiger partial charge in [-0.25, -0.2) is 0 Å². The first-order valence-electron chi connectivity index (χ1n) is 6.52. The van der Waals surface area contributed by atoms with E-state index >= 15 is 0 Å². The Morgan fingerprint density at radius 2 is 1.80 bits per heavy atom. The molecule has 7 heteroatoms. The molecule has 0 unspecified atom stereocenters. The van der Waals surface area contributed by atoms with E-state index in [0.29, 0.717) is 0 Å². The Kier molecular flexibility index (Phi) is 4.37. The molecule has 0 aliphatic carbocycles. The Hall–Kier alpha value is -0.725. The minimum absolute atomic E-state index is 0.346. The molecule has 1 aromatic rings. The highest BCUT2D eigenvalue weighted by Gasteiger charge is 2.51. The second-order valence-electron chi connectivity index (χ2n) is 5.87. The van der Waals surface area contributed by atoms with Crippen molar-refractivity contribution in [3.05, 3.63) is 24.3 Å². The minimum atomic E-state index is -0.376. The van der Waals surface area contributed by atoms with E-state index in [0.717, 1.165) is 27.8 Å². The maximum Gasteiger partial charge on any atom is 0.494 e. The second kappa shape index (κ2) is 5.58. The number of benzene rings is 1. The summed E-state index contributed by atoms with van der Waals surface area (Å²) in [5.41, 5.74) is 1.14. The number of anilines is 1. The van der Waals surface area contributed by atoms with Crippen LogP contribution in [0.4, 0.5) is 5.69 Å². The Morgan fingerprint density at radius 1 is 1.20 bits per heavy atom. The third kappa shape index (κ3) is 3.29. The molecular weight excluding hydrogens is 275 g/mol. The number of rotatable bonds is 4. The van der Waals surface area contributed by atoms with Crippen molar-refractivity contribution in [2.45, 2.75) is 38.9 Å². The first-order valence-corrected chi connectivity index (χ1v) is 7.30. The van der Waals surface area contributed by atoms with E-state index in [2.05, 4.69) is 4.72 Å². The van der Waals surface area contributed by atoms with Crippen LogP contribution in [-0.2, 0) is 9.31 Å². The van der Waals surface area contributed by atoms with Gasteiger partial charge in [-0.05, 0) is 45.3 Å². The summed E-state index contributed by atoms with van der Waals surface area (Å²) in [7, 11) is 1.18. The van der Waals surface area contributed by atoms with Gasteiger partial charge in [0.25, 0.3) is 0 Å². The van der Waals surface area contributed by atoms with Gasteiger partial charge in [0, 0.05) is 12.7 Å². The van der Waals surface area contributed by atoms with E-state index in [1.165, 1.54) is 0 Å². The molecule has 2 N–H and O–H groups in total. The topological polar surface area (TPSA) is 54.0 Å². The molecule has 1 aromatic carbocycles. The number of hydrogen-bond donors (Lipinski definition) is 2. The molecule has 2 rings (SSSR count). The molecule has 20 heavy (non-hydrogen) atoms. The Labute approximate surface area is 125 Å². The van der Waals surface area contributed by atoms with Gasteiger partial charge in [0.1, 0.15) is 0 Å². The summed E-state index contributed by atoms with van der Waals surface area (Å²) in [5, 5.41) is 9.12. The van der Waals surface area contributed by atoms with Crippen molar-refractivity contribution in [3.63, 3.8) is 0 Å². The van der Waals surface area contributed by atoms with Crippen LogP contribution in [0.15, 0.2) is 24.3 Å². The van der Waals surface area contributed by atoms with Crippen molar-refractivity contribution in [1.29, 1.82) is 0 Å². The van der Waals surface area contributed by atoms with E-state index in [1.54, 1.807) is 7.05 Å². The van der Waals surface area contributed by atoms with Crippen LogP contribution in [0.3, 0.4) is 0 Å². The predicted octanol–water partition coefficient (Wildman–Crippen LogP) is 2.28. The third-order valence-corrected chi connectivity index (χ3v) is 4.30. The van der Waals surface area contributed by atoms with E-state index in [-0.39, 0.29) is 18.3 Å². The fourth-order valence-electron chi connectivity index (χ4n) is 1.85. The SMILES string of the molecule is CN(O)SNc1cccc(B2OC(C)(C)C(C)(C)O2)c1. The summed E-state index contributed by atoms with van der Waals surface area (Å²) < 4.78 is 16.1. The molecule has 5 nitrogen and oxygen atoms in total. The number of hydrogen-bond acceptors (Lipinski definition) is 6. The molecular formula is C13H21BN2O3S. The van der Waals surface area contributed by atoms with Crippen LogP contribution < -0.4 is 10.2 Å². The average Bonchev–Trinajstić information content (AvgIpc) is 2.56. The van der Waals surface area contributed by atoms with Crippen LogP contribution in [0.25, 0.3) is 0 Å². The monoisotopic (exact) mass is 296 g/mol. The van der Waals surface area contributed by atoms with Crippen molar-refractivity contribution in [2.24, 2.45) is 0 Å². The van der Waals surface area contributed by atoms with E-state index in [1.807, 2.05) is 52.0 Å². The average molecular weight is 296 g/mol. The highest BCUT2D eigenvalue weighted by molar-refractivity contribution is 7.98. The van der Waals surface area contributed by atoms with Crippen LogP contribution in [0, 0.1) is 0 Å². The summed E-state index contributed by atoms with van der Waals surface area (Å²) in [5.74, 6) is 0. The van der Waals surface area contributed by atoms with Crippen molar-refractivity contribution in [3.8, 4) is 0 Å². The summed E-state index contributed by atoms with van der Waals surface area (Å²) >= 11 is 1.09. The Bertz CT molecular complexity index is 466. The Balaban J connectivity index is 2.12. The van der Waals surface area contributed by atoms with Gasteiger partial charge in [0.15, 0.2) is 0 Å². The normalized spacial score (nSPS) is 20.4. The highest BCUT2D eigenvalue weighted by atomic mass is 32.2. The zero-order chi connectivity index (χ0) is 15.0. The van der Waals surface area contributed by atoms with Gasteiger partial charge in [0.05, 0.1) is 23.3 Å². The zero-order valence-corrected chi connectivity index (χ0v) is 13.3. The molecule has 1 aliphatic heterocycles. The van der Waals surface area contributed by atoms with Crippen molar-refractivity contribution in [1.82, 2.24) is 4.47 Å². The molecule has 0 aromatic heterocycles. The smallest absolute Gasteiger partial charge is 0.399 e. The lowest BCUT2D eigenvalue weighted by molar-refractivity contribution is 0.00578. The minimum Gasteiger partial charge on any atom is -0.399 e. The predicted molar refractivity (Wildman–Crippen MR) is 82.9 cm³/mol. The summed E-state index contributed by atoms with van der Waals surface area (Å²) in [4.78, 5) is 0. The van der Waals surface area contributed by atoms with E-state index in [4.69, 9.17) is 14.5 Å². The van der Waals surface area contributed by atoms with Crippen molar-refractivity contribution in [2.75, 3.05) is 11.8 Å². The first-order chi connectivity index (χ1) is 9.21. The Morgan fingerprint density at radius 3 is 2.35 bits per heavy atom. The van der Waals surface area contributed by atoms with Crippen LogP contribution in [-0.4, -0.2) is 35.0 Å². The molecule has 110 valence electrons. The molecule has 0 atom stereocenters. The van der Waals surface area contributed by atoms with Gasteiger partial charge in [0.2, 0.25) is 0 Å². The largest absolute Gasteiger partial charge is 0.494 e. The van der Waals surface area contributed by atoms with Gasteiger partial charge >= 0.3 is 7.12 Å². The lowest BCUT2D eigenvalue weighted by atomic mass is 9.79. The molecule has 0 saturated carbocycles. The van der Waals surface area contributed by atoms with Gasteiger partial charge in [-0.1, -0.05) is 12.1 Å². The molecule has 0 radical (unpaired) electrons. The number of nitrogens with one attached hydrogen (secondary N) is 1. The van der Waals surface area contributed by atoms with Crippen LogP contribution in [0.1, 0.15) is 27.7 Å². The standard InChI is InChI=1S/C13H21BN2O3S/c1-12(2)13(3,4)19-14(18-12)10-7-6-8-11(9-10)15-20-16(5)17/h6-9,15,17H,1-5H3. The summed E-state index contributed by atoms with van der Waals surface area (Å²) in [6.45, 7) is 8.13. The zero-order valence-electron chi connectivity index (χ0n) is 12.5. The van der Waals surface area contributed by atoms with E-state index < -0.39 is 0 Å². The van der Waals surface area contributed by atoms with Gasteiger partial charge in [-0.2, -0.15) is 0 Å². The van der Waals surface area contributed by atoms with Gasteiger partial charge in [-0.3, -0.25) is 0 Å². The van der Waals surface area contributed by atoms with Gasteiger partial charge < -0.3 is 19.2 Å². The fourth-order valence-corrected chi connectivity index (χ4v) is 2.21. The molecule has 0 bridgehead atoms. The molecule has 1 fully saturated rings. The molecule has 1 heterocycles. The fraction of sp³-hybridized carbons (Fsp3) is 0.538. The summed E-state index contributed by atoms with van der Waals surface area (Å²) in [6, 6.07) is 7.78. The number of nitrogens with zero attached hydrogens (tertiary/aromatic N) is 1. The molecule has 0 amide bonds. The summed E-state index contributed by atoms with van der Waals surface area (Å²) in [6.07, 6.45) is 0. The second-order valence-corrected chi connectivity index (χ2v) is 6.79. The quantitative estimate of drug-likeness (QED) is 0.505.